The molecule has 1 saturated heterocycles. The molecule has 0 radical (unpaired) electrons. The quantitative estimate of drug-likeness (QED) is 0.717. The monoisotopic (exact) mass is 446 g/mol. The summed E-state index contributed by atoms with van der Waals surface area (Å²) in [6.07, 6.45) is 2.07. The molecule has 150 valence electrons. The molecule has 4 heterocycles. The van der Waals surface area contributed by atoms with Gasteiger partial charge in [-0.1, -0.05) is 23.9 Å². The Morgan fingerprint density at radius 3 is 2.41 bits per heavy atom. The Labute approximate surface area is 180 Å². The highest BCUT2D eigenvalue weighted by Crippen LogP contribution is 2.51. The smallest absolute Gasteiger partial charge is 0.338 e. The fraction of sp³-hybridized carbons (Fsp3) is 0.200. The number of hydrogen-bond acceptors (Lipinski definition) is 9. The first-order valence-corrected chi connectivity index (χ1v) is 11.3. The normalized spacial score (nSPS) is 20.3. The first-order valence-electron chi connectivity index (χ1n) is 8.68. The highest BCUT2D eigenvalue weighted by molar-refractivity contribution is 8.07. The average molecular weight is 447 g/mol. The third-order valence-electron chi connectivity index (χ3n) is 4.65. The molecule has 1 fully saturated rings. The van der Waals surface area contributed by atoms with Crippen LogP contribution in [0.1, 0.15) is 15.7 Å². The molecule has 1 atom stereocenters. The lowest BCUT2D eigenvalue weighted by Crippen LogP contribution is -2.36. The number of carbonyl (C=O) groups excluding carboxylic acids is 2. The summed E-state index contributed by atoms with van der Waals surface area (Å²) in [6.45, 7) is 0.474. The van der Waals surface area contributed by atoms with E-state index in [1.807, 2.05) is 35.0 Å². The minimum absolute atomic E-state index is 0.261. The lowest BCUT2D eigenvalue weighted by molar-refractivity contribution is -0.137. The van der Waals surface area contributed by atoms with Crippen LogP contribution in [0.4, 0.5) is 0 Å². The largest absolute Gasteiger partial charge is 0.466 e. The second-order valence-electron chi connectivity index (χ2n) is 6.26. The van der Waals surface area contributed by atoms with E-state index in [1.54, 1.807) is 16.2 Å². The minimum Gasteiger partial charge on any atom is -0.466 e. The topological polar surface area (TPSA) is 81.9 Å². The first kappa shape index (κ1) is 19.8. The van der Waals surface area contributed by atoms with Gasteiger partial charge in [-0.2, -0.15) is 0 Å². The van der Waals surface area contributed by atoms with Crippen molar-refractivity contribution in [2.45, 2.75) is 5.92 Å². The van der Waals surface area contributed by atoms with Crippen LogP contribution in [-0.4, -0.2) is 37.6 Å². The second kappa shape index (κ2) is 8.10. The number of hydrogen-bond donors (Lipinski definition) is 1. The van der Waals surface area contributed by atoms with Gasteiger partial charge in [0.15, 0.2) is 0 Å². The molecule has 2 aliphatic rings. The van der Waals surface area contributed by atoms with Crippen LogP contribution in [0.2, 0.25) is 0 Å². The van der Waals surface area contributed by atoms with Crippen LogP contribution in [0.3, 0.4) is 0 Å². The van der Waals surface area contributed by atoms with E-state index in [4.69, 9.17) is 15.2 Å². The van der Waals surface area contributed by atoms with E-state index in [1.165, 1.54) is 37.3 Å². The number of nitrogens with two attached hydrogens (primary N) is 1. The third kappa shape index (κ3) is 3.50. The van der Waals surface area contributed by atoms with Crippen molar-refractivity contribution in [1.29, 1.82) is 0 Å². The Morgan fingerprint density at radius 1 is 1.10 bits per heavy atom. The predicted octanol–water partition coefficient (Wildman–Crippen LogP) is 3.72. The van der Waals surface area contributed by atoms with E-state index in [9.17, 15) is 9.59 Å². The molecule has 29 heavy (non-hydrogen) atoms. The summed E-state index contributed by atoms with van der Waals surface area (Å²) in [4.78, 5) is 30.3. The molecule has 9 heteroatoms. The molecule has 0 amide bonds. The van der Waals surface area contributed by atoms with Gasteiger partial charge < -0.3 is 20.1 Å². The number of nitrogens with zero attached hydrogens (tertiary/aromatic N) is 1. The zero-order valence-electron chi connectivity index (χ0n) is 15.7. The fourth-order valence-electron chi connectivity index (χ4n) is 3.39. The van der Waals surface area contributed by atoms with Crippen molar-refractivity contribution in [3.05, 3.63) is 71.7 Å². The van der Waals surface area contributed by atoms with Crippen molar-refractivity contribution >= 4 is 52.5 Å². The summed E-state index contributed by atoms with van der Waals surface area (Å²) in [7, 11) is 2.65. The summed E-state index contributed by atoms with van der Waals surface area (Å²) < 4.78 is 10.1. The van der Waals surface area contributed by atoms with Crippen molar-refractivity contribution in [3.8, 4) is 0 Å². The van der Waals surface area contributed by atoms with Crippen LogP contribution < -0.4 is 5.73 Å². The van der Waals surface area contributed by atoms with Crippen molar-refractivity contribution in [2.75, 3.05) is 20.8 Å². The van der Waals surface area contributed by atoms with Crippen molar-refractivity contribution in [2.24, 2.45) is 5.73 Å². The van der Waals surface area contributed by atoms with Gasteiger partial charge in [-0.3, -0.25) is 0 Å². The Hall–Kier alpha value is -2.49. The van der Waals surface area contributed by atoms with Gasteiger partial charge in [0.05, 0.1) is 42.9 Å². The molecule has 0 aromatic carbocycles. The third-order valence-corrected chi connectivity index (χ3v) is 7.55. The molecule has 0 unspecified atom stereocenters. The average Bonchev–Trinajstić information content (AvgIpc) is 3.48. The van der Waals surface area contributed by atoms with E-state index in [2.05, 4.69) is 6.08 Å². The lowest BCUT2D eigenvalue weighted by Gasteiger charge is -2.33. The van der Waals surface area contributed by atoms with E-state index >= 15 is 0 Å². The number of thioether (sulfide) groups is 1. The fourth-order valence-corrected chi connectivity index (χ4v) is 6.20. The number of rotatable bonds is 4. The van der Waals surface area contributed by atoms with Gasteiger partial charge in [0.25, 0.3) is 0 Å². The van der Waals surface area contributed by atoms with E-state index in [-0.39, 0.29) is 5.57 Å². The van der Waals surface area contributed by atoms with Crippen molar-refractivity contribution in [1.82, 2.24) is 4.90 Å². The molecule has 2 aromatic heterocycles. The molecular weight excluding hydrogens is 428 g/mol. The van der Waals surface area contributed by atoms with Crippen LogP contribution in [0.15, 0.2) is 61.9 Å². The predicted molar refractivity (Wildman–Crippen MR) is 116 cm³/mol. The summed E-state index contributed by atoms with van der Waals surface area (Å²) in [5.41, 5.74) is 7.13. The van der Waals surface area contributed by atoms with Gasteiger partial charge >= 0.3 is 11.9 Å². The zero-order chi connectivity index (χ0) is 20.5. The van der Waals surface area contributed by atoms with Crippen LogP contribution in [0.5, 0.6) is 0 Å². The van der Waals surface area contributed by atoms with Gasteiger partial charge in [0.2, 0.25) is 0 Å². The number of methoxy groups -OCH3 is 2. The van der Waals surface area contributed by atoms with Gasteiger partial charge in [0.1, 0.15) is 5.82 Å². The molecular formula is C20H18N2O4S3. The summed E-state index contributed by atoms with van der Waals surface area (Å²) in [5.74, 6) is -1.36. The molecule has 4 rings (SSSR count). The summed E-state index contributed by atoms with van der Waals surface area (Å²) >= 11 is 4.57. The SMILES string of the molecule is COC(=O)C1=C(N)N2C/C(=C/c3cccs3)SC2=C(C(=O)OC)[C@@H]1c1cccs1. The van der Waals surface area contributed by atoms with Crippen LogP contribution >= 0.6 is 34.4 Å². The van der Waals surface area contributed by atoms with E-state index in [0.29, 0.717) is 23.0 Å². The maximum atomic E-state index is 12.9. The molecule has 6 nitrogen and oxygen atoms in total. The van der Waals surface area contributed by atoms with Crippen LogP contribution in [0, 0.1) is 0 Å². The Morgan fingerprint density at radius 2 is 1.79 bits per heavy atom. The standard InChI is InChI=1S/C20H18N2O4S3/c1-25-19(23)15-14(13-6-4-8-28-13)16(20(24)26-2)18-22(17(15)21)10-12(29-18)9-11-5-3-7-27-11/h3-9,14H,10,21H2,1-2H3/b12-9-/t14-/m1/s1. The minimum atomic E-state index is -0.630. The van der Waals surface area contributed by atoms with Gasteiger partial charge in [-0.05, 0) is 29.0 Å². The molecule has 0 saturated carbocycles. The van der Waals surface area contributed by atoms with E-state index in [0.717, 1.165) is 14.7 Å². The lowest BCUT2D eigenvalue weighted by atomic mass is 9.87. The molecule has 0 bridgehead atoms. The van der Waals surface area contributed by atoms with Gasteiger partial charge in [-0.25, -0.2) is 9.59 Å². The molecule has 2 aromatic rings. The Bertz CT molecular complexity index is 1040. The molecule has 0 aliphatic carbocycles. The summed E-state index contributed by atoms with van der Waals surface area (Å²) in [6, 6.07) is 7.77. The Balaban J connectivity index is 1.89. The van der Waals surface area contributed by atoms with Crippen molar-refractivity contribution < 1.29 is 19.1 Å². The summed E-state index contributed by atoms with van der Waals surface area (Å²) in [5, 5.41) is 4.61. The van der Waals surface area contributed by atoms with Crippen LogP contribution in [-0.2, 0) is 19.1 Å². The number of thiophene rings is 2. The highest BCUT2D eigenvalue weighted by atomic mass is 32.2. The zero-order valence-corrected chi connectivity index (χ0v) is 18.2. The van der Waals surface area contributed by atoms with E-state index < -0.39 is 17.9 Å². The second-order valence-corrected chi connectivity index (χ2v) is 9.34. The molecule has 0 spiro atoms. The maximum Gasteiger partial charge on any atom is 0.338 e. The van der Waals surface area contributed by atoms with Crippen molar-refractivity contribution in [3.63, 3.8) is 0 Å². The number of ether oxygens (including phenoxy) is 2. The van der Waals surface area contributed by atoms with Gasteiger partial charge in [0, 0.05) is 14.7 Å². The maximum absolute atomic E-state index is 12.9. The van der Waals surface area contributed by atoms with Gasteiger partial charge in [-0.15, -0.1) is 22.7 Å². The number of esters is 2. The number of fused-ring (bicyclic) bond motifs is 1. The molecule has 2 aliphatic heterocycles. The Kier molecular flexibility index (Phi) is 5.53. The van der Waals surface area contributed by atoms with Crippen LogP contribution in [0.25, 0.3) is 6.08 Å². The highest BCUT2D eigenvalue weighted by Gasteiger charge is 2.45. The molecule has 2 N–H and O–H groups in total. The number of carbonyl (C=O) groups is 2. The first-order chi connectivity index (χ1) is 14.0.